The summed E-state index contributed by atoms with van der Waals surface area (Å²) in [5.74, 6) is 0.762. The van der Waals surface area contributed by atoms with Crippen molar-refractivity contribution in [1.29, 1.82) is 0 Å². The summed E-state index contributed by atoms with van der Waals surface area (Å²) >= 11 is 0. The molecule has 78 valence electrons. The Morgan fingerprint density at radius 1 is 1.57 bits per heavy atom. The third-order valence-corrected chi connectivity index (χ3v) is 2.19. The molecule has 0 aromatic carbocycles. The van der Waals surface area contributed by atoms with Gasteiger partial charge in [-0.1, -0.05) is 25.8 Å². The van der Waals surface area contributed by atoms with Gasteiger partial charge in [0.1, 0.15) is 5.82 Å². The number of anilines is 1. The second kappa shape index (κ2) is 5.47. The zero-order valence-electron chi connectivity index (χ0n) is 8.87. The fraction of sp³-hybridized carbons (Fsp3) is 0.545. The van der Waals surface area contributed by atoms with Gasteiger partial charge in [-0.3, -0.25) is 0 Å². The Morgan fingerprint density at radius 3 is 3.00 bits per heavy atom. The maximum Gasteiger partial charge on any atom is 0.121 e. The number of aromatic nitrogens is 2. The molecule has 1 aromatic rings. The Balaban J connectivity index is 2.53. The van der Waals surface area contributed by atoms with Crippen LogP contribution >= 0.6 is 0 Å². The van der Waals surface area contributed by atoms with Crippen LogP contribution in [-0.4, -0.2) is 9.78 Å². The smallest absolute Gasteiger partial charge is 0.121 e. The van der Waals surface area contributed by atoms with E-state index in [4.69, 9.17) is 5.73 Å². The number of aryl methyl sites for hydroxylation is 1. The summed E-state index contributed by atoms with van der Waals surface area (Å²) in [6.07, 6.45) is 6.25. The quantitative estimate of drug-likeness (QED) is 0.557. The topological polar surface area (TPSA) is 43.8 Å². The molecular formula is C11H19N3. The molecule has 0 atom stereocenters. The van der Waals surface area contributed by atoms with Crippen molar-refractivity contribution in [2.24, 2.45) is 0 Å². The molecule has 0 spiro atoms. The summed E-state index contributed by atoms with van der Waals surface area (Å²) in [7, 11) is 0. The van der Waals surface area contributed by atoms with Crippen LogP contribution in [0, 0.1) is 0 Å². The molecule has 2 N–H and O–H groups in total. The summed E-state index contributed by atoms with van der Waals surface area (Å²) in [5.41, 5.74) is 6.83. The van der Waals surface area contributed by atoms with Gasteiger partial charge in [-0.05, 0) is 6.42 Å². The van der Waals surface area contributed by atoms with Crippen molar-refractivity contribution in [2.75, 3.05) is 5.73 Å². The van der Waals surface area contributed by atoms with Gasteiger partial charge < -0.3 is 5.73 Å². The van der Waals surface area contributed by atoms with Gasteiger partial charge in [-0.2, -0.15) is 5.10 Å². The minimum Gasteiger partial charge on any atom is -0.384 e. The number of nitrogens with two attached hydrogens (primary N) is 1. The van der Waals surface area contributed by atoms with Crippen molar-refractivity contribution in [3.05, 3.63) is 24.4 Å². The molecular weight excluding hydrogens is 174 g/mol. The molecule has 0 aliphatic heterocycles. The summed E-state index contributed by atoms with van der Waals surface area (Å²) < 4.78 is 1.88. The van der Waals surface area contributed by atoms with Crippen LogP contribution in [0.2, 0.25) is 0 Å². The monoisotopic (exact) mass is 193 g/mol. The molecule has 3 nitrogen and oxygen atoms in total. The van der Waals surface area contributed by atoms with E-state index in [1.165, 1.54) is 12.8 Å². The highest BCUT2D eigenvalue weighted by Gasteiger charge is 2.02. The Kier molecular flexibility index (Phi) is 4.23. The van der Waals surface area contributed by atoms with E-state index >= 15 is 0 Å². The molecule has 1 aromatic heterocycles. The van der Waals surface area contributed by atoms with Gasteiger partial charge in [0.15, 0.2) is 0 Å². The maximum atomic E-state index is 5.82. The molecule has 0 aliphatic rings. The van der Waals surface area contributed by atoms with Gasteiger partial charge in [0, 0.05) is 19.0 Å². The highest BCUT2D eigenvalue weighted by molar-refractivity contribution is 5.31. The lowest BCUT2D eigenvalue weighted by atomic mass is 10.2. The van der Waals surface area contributed by atoms with Gasteiger partial charge in [0.25, 0.3) is 0 Å². The van der Waals surface area contributed by atoms with Crippen molar-refractivity contribution >= 4 is 5.82 Å². The maximum absolute atomic E-state index is 5.82. The zero-order chi connectivity index (χ0) is 10.4. The number of hydrogen-bond donors (Lipinski definition) is 1. The number of nitrogens with zero attached hydrogens (tertiary/aromatic N) is 2. The average molecular weight is 193 g/mol. The first-order chi connectivity index (χ1) is 6.77. The highest BCUT2D eigenvalue weighted by Crippen LogP contribution is 2.09. The lowest BCUT2D eigenvalue weighted by Crippen LogP contribution is -2.04. The van der Waals surface area contributed by atoms with Crippen molar-refractivity contribution < 1.29 is 0 Å². The molecule has 0 amide bonds. The van der Waals surface area contributed by atoms with Crippen LogP contribution < -0.4 is 5.73 Å². The SMILES string of the molecule is C=CCc1cc(N)n(CCCCC)n1. The normalized spacial score (nSPS) is 10.4. The molecule has 3 heteroatoms. The molecule has 0 saturated carbocycles. The van der Waals surface area contributed by atoms with Crippen LogP contribution in [-0.2, 0) is 13.0 Å². The van der Waals surface area contributed by atoms with Crippen LogP contribution in [0.25, 0.3) is 0 Å². The fourth-order valence-corrected chi connectivity index (χ4v) is 1.43. The molecule has 0 radical (unpaired) electrons. The average Bonchev–Trinajstić information content (AvgIpc) is 2.48. The second-order valence-corrected chi connectivity index (χ2v) is 3.48. The number of allylic oxidation sites excluding steroid dienone is 1. The predicted molar refractivity (Wildman–Crippen MR) is 60.1 cm³/mol. The number of unbranched alkanes of at least 4 members (excludes halogenated alkanes) is 2. The van der Waals surface area contributed by atoms with Gasteiger partial charge in [-0.25, -0.2) is 4.68 Å². The Labute approximate surface area is 85.6 Å². The van der Waals surface area contributed by atoms with Gasteiger partial charge in [-0.15, -0.1) is 6.58 Å². The van der Waals surface area contributed by atoms with Crippen LogP contribution in [0.1, 0.15) is 31.9 Å². The van der Waals surface area contributed by atoms with Crippen molar-refractivity contribution in [2.45, 2.75) is 39.2 Å². The van der Waals surface area contributed by atoms with Crippen molar-refractivity contribution in [3.8, 4) is 0 Å². The highest BCUT2D eigenvalue weighted by atomic mass is 15.3. The van der Waals surface area contributed by atoms with E-state index in [9.17, 15) is 0 Å². The summed E-state index contributed by atoms with van der Waals surface area (Å²) in [6.45, 7) is 6.80. The molecule has 14 heavy (non-hydrogen) atoms. The van der Waals surface area contributed by atoms with Gasteiger partial charge >= 0.3 is 0 Å². The van der Waals surface area contributed by atoms with E-state index in [1.807, 2.05) is 16.8 Å². The summed E-state index contributed by atoms with van der Waals surface area (Å²) in [5, 5.41) is 4.39. The molecule has 1 rings (SSSR count). The van der Waals surface area contributed by atoms with Crippen LogP contribution in [0.4, 0.5) is 5.82 Å². The Hall–Kier alpha value is -1.25. The fourth-order valence-electron chi connectivity index (χ4n) is 1.43. The lowest BCUT2D eigenvalue weighted by molar-refractivity contribution is 0.555. The largest absolute Gasteiger partial charge is 0.384 e. The molecule has 0 fully saturated rings. The summed E-state index contributed by atoms with van der Waals surface area (Å²) in [6, 6.07) is 1.92. The molecule has 0 bridgehead atoms. The minimum atomic E-state index is 0.762. The lowest BCUT2D eigenvalue weighted by Gasteiger charge is -2.02. The molecule has 0 aliphatic carbocycles. The molecule has 0 saturated heterocycles. The van der Waals surface area contributed by atoms with E-state index in [-0.39, 0.29) is 0 Å². The Morgan fingerprint density at radius 2 is 2.36 bits per heavy atom. The summed E-state index contributed by atoms with van der Waals surface area (Å²) in [4.78, 5) is 0. The first kappa shape index (κ1) is 10.8. The van der Waals surface area contributed by atoms with Crippen LogP contribution in [0.3, 0.4) is 0 Å². The molecule has 0 unspecified atom stereocenters. The van der Waals surface area contributed by atoms with E-state index in [0.717, 1.165) is 30.9 Å². The first-order valence-corrected chi connectivity index (χ1v) is 5.21. The standard InChI is InChI=1S/C11H19N3/c1-3-5-6-8-14-11(12)9-10(13-14)7-4-2/h4,9H,2-3,5-8,12H2,1H3. The van der Waals surface area contributed by atoms with Crippen molar-refractivity contribution in [1.82, 2.24) is 9.78 Å². The zero-order valence-corrected chi connectivity index (χ0v) is 8.87. The van der Waals surface area contributed by atoms with E-state index in [0.29, 0.717) is 0 Å². The van der Waals surface area contributed by atoms with Crippen molar-refractivity contribution in [3.63, 3.8) is 0 Å². The number of hydrogen-bond acceptors (Lipinski definition) is 2. The minimum absolute atomic E-state index is 0.762. The number of rotatable bonds is 6. The van der Waals surface area contributed by atoms with E-state index in [2.05, 4.69) is 18.6 Å². The Bertz CT molecular complexity index is 289. The predicted octanol–water partition coefficient (Wildman–Crippen LogP) is 2.38. The van der Waals surface area contributed by atoms with Gasteiger partial charge in [0.2, 0.25) is 0 Å². The first-order valence-electron chi connectivity index (χ1n) is 5.21. The van der Waals surface area contributed by atoms with Gasteiger partial charge in [0.05, 0.1) is 5.69 Å². The van der Waals surface area contributed by atoms with Crippen LogP contribution in [0.5, 0.6) is 0 Å². The van der Waals surface area contributed by atoms with Crippen LogP contribution in [0.15, 0.2) is 18.7 Å². The third kappa shape index (κ3) is 2.91. The van der Waals surface area contributed by atoms with E-state index in [1.54, 1.807) is 0 Å². The number of nitrogen functional groups attached to an aromatic ring is 1. The van der Waals surface area contributed by atoms with E-state index < -0.39 is 0 Å². The molecule has 1 heterocycles. The second-order valence-electron chi connectivity index (χ2n) is 3.48. The third-order valence-electron chi connectivity index (χ3n) is 2.19.